The van der Waals surface area contributed by atoms with Crippen LogP contribution >= 0.6 is 15.9 Å². The highest BCUT2D eigenvalue weighted by Crippen LogP contribution is 2.22. The summed E-state index contributed by atoms with van der Waals surface area (Å²) in [6.07, 6.45) is 0. The number of phenols is 1. The Labute approximate surface area is 102 Å². The highest BCUT2D eigenvalue weighted by Gasteiger charge is 2.15. The molecule has 5 heteroatoms. The van der Waals surface area contributed by atoms with Crippen LogP contribution in [0.2, 0.25) is 0 Å². The Bertz CT molecular complexity index is 431. The fraction of sp³-hybridized carbons (Fsp3) is 0.273. The van der Waals surface area contributed by atoms with Crippen LogP contribution in [0.3, 0.4) is 0 Å². The summed E-state index contributed by atoms with van der Waals surface area (Å²) in [5, 5.41) is 12.0. The van der Waals surface area contributed by atoms with Crippen LogP contribution in [-0.2, 0) is 4.79 Å². The van der Waals surface area contributed by atoms with E-state index in [1.54, 1.807) is 13.0 Å². The molecule has 0 fully saturated rings. The Morgan fingerprint density at radius 2 is 2.06 bits per heavy atom. The van der Waals surface area contributed by atoms with E-state index in [0.717, 1.165) is 0 Å². The van der Waals surface area contributed by atoms with E-state index in [-0.39, 0.29) is 17.1 Å². The van der Waals surface area contributed by atoms with Gasteiger partial charge in [0.05, 0.1) is 11.6 Å². The molecule has 0 saturated heterocycles. The van der Waals surface area contributed by atoms with Gasteiger partial charge in [-0.1, -0.05) is 15.9 Å². The molecule has 0 aliphatic rings. The Balaban J connectivity index is 2.85. The van der Waals surface area contributed by atoms with Crippen molar-refractivity contribution in [2.45, 2.75) is 19.9 Å². The molecule has 1 unspecified atom stereocenters. The fourth-order valence-corrected chi connectivity index (χ4v) is 1.42. The van der Waals surface area contributed by atoms with E-state index >= 15 is 0 Å². The second kappa shape index (κ2) is 5.12. The van der Waals surface area contributed by atoms with Crippen molar-refractivity contribution in [2.24, 2.45) is 0 Å². The van der Waals surface area contributed by atoms with Crippen molar-refractivity contribution in [1.82, 2.24) is 5.32 Å². The number of carbonyl (C=O) groups excluding carboxylic acids is 2. The largest absolute Gasteiger partial charge is 0.507 e. The maximum Gasteiger partial charge on any atom is 0.255 e. The molecule has 0 saturated carbocycles. The predicted octanol–water partition coefficient (Wildman–Crippen LogP) is 1.86. The van der Waals surface area contributed by atoms with Crippen molar-refractivity contribution in [1.29, 1.82) is 0 Å². The lowest BCUT2D eigenvalue weighted by atomic mass is 10.1. The zero-order valence-corrected chi connectivity index (χ0v) is 10.5. The van der Waals surface area contributed by atoms with Gasteiger partial charge >= 0.3 is 0 Å². The summed E-state index contributed by atoms with van der Waals surface area (Å²) in [5.41, 5.74) is 0.149. The number of rotatable bonds is 3. The number of hydrogen-bond donors (Lipinski definition) is 2. The number of aromatic hydroxyl groups is 1. The third-order valence-corrected chi connectivity index (χ3v) is 2.66. The molecule has 0 bridgehead atoms. The number of benzene rings is 1. The zero-order valence-electron chi connectivity index (χ0n) is 8.95. The minimum absolute atomic E-state index is 0.123. The number of phenolic OH excluding ortho intramolecular Hbond substituents is 1. The highest BCUT2D eigenvalue weighted by molar-refractivity contribution is 9.10. The molecule has 16 heavy (non-hydrogen) atoms. The maximum absolute atomic E-state index is 11.7. The van der Waals surface area contributed by atoms with Gasteiger partial charge in [-0.25, -0.2) is 0 Å². The summed E-state index contributed by atoms with van der Waals surface area (Å²) in [4.78, 5) is 22.6. The number of hydrogen-bond acceptors (Lipinski definition) is 3. The molecule has 86 valence electrons. The van der Waals surface area contributed by atoms with Crippen molar-refractivity contribution in [2.75, 3.05) is 0 Å². The Morgan fingerprint density at radius 3 is 2.56 bits per heavy atom. The molecule has 1 aromatic carbocycles. The Morgan fingerprint density at radius 1 is 1.44 bits per heavy atom. The van der Waals surface area contributed by atoms with Gasteiger partial charge in [0.1, 0.15) is 5.75 Å². The summed E-state index contributed by atoms with van der Waals surface area (Å²) in [5.74, 6) is -0.722. The van der Waals surface area contributed by atoms with Crippen molar-refractivity contribution in [3.63, 3.8) is 0 Å². The van der Waals surface area contributed by atoms with Gasteiger partial charge in [0.25, 0.3) is 5.91 Å². The summed E-state index contributed by atoms with van der Waals surface area (Å²) in [7, 11) is 0. The zero-order chi connectivity index (χ0) is 12.3. The van der Waals surface area contributed by atoms with E-state index in [1.807, 2.05) is 0 Å². The van der Waals surface area contributed by atoms with Gasteiger partial charge in [-0.3, -0.25) is 9.59 Å². The van der Waals surface area contributed by atoms with Gasteiger partial charge in [-0.15, -0.1) is 0 Å². The monoisotopic (exact) mass is 285 g/mol. The average molecular weight is 286 g/mol. The number of amides is 1. The quantitative estimate of drug-likeness (QED) is 0.891. The third-order valence-electron chi connectivity index (χ3n) is 2.16. The van der Waals surface area contributed by atoms with E-state index in [1.165, 1.54) is 19.1 Å². The Kier molecular flexibility index (Phi) is 4.06. The summed E-state index contributed by atoms with van der Waals surface area (Å²) >= 11 is 3.17. The lowest BCUT2D eigenvalue weighted by molar-refractivity contribution is -0.118. The molecular formula is C11H12BrNO3. The number of carbonyl (C=O) groups is 2. The molecule has 0 radical (unpaired) electrons. The van der Waals surface area contributed by atoms with Crippen molar-refractivity contribution >= 4 is 27.6 Å². The van der Waals surface area contributed by atoms with E-state index in [4.69, 9.17) is 0 Å². The van der Waals surface area contributed by atoms with E-state index in [2.05, 4.69) is 21.2 Å². The van der Waals surface area contributed by atoms with Crippen molar-refractivity contribution in [3.05, 3.63) is 28.2 Å². The van der Waals surface area contributed by atoms with Crippen LogP contribution < -0.4 is 5.32 Å². The van der Waals surface area contributed by atoms with Crippen LogP contribution in [0.1, 0.15) is 24.2 Å². The molecule has 1 atom stereocenters. The first-order chi connectivity index (χ1) is 7.41. The number of halogens is 1. The second-order valence-corrected chi connectivity index (χ2v) is 4.38. The second-order valence-electron chi connectivity index (χ2n) is 3.47. The van der Waals surface area contributed by atoms with Gasteiger partial charge in [0.15, 0.2) is 5.78 Å². The summed E-state index contributed by atoms with van der Waals surface area (Å²) < 4.78 is 0.682. The summed E-state index contributed by atoms with van der Waals surface area (Å²) in [6, 6.07) is 4.00. The van der Waals surface area contributed by atoms with Crippen LogP contribution in [0.25, 0.3) is 0 Å². The van der Waals surface area contributed by atoms with Gasteiger partial charge < -0.3 is 10.4 Å². The molecule has 1 aromatic rings. The van der Waals surface area contributed by atoms with Gasteiger partial charge in [-0.05, 0) is 32.0 Å². The minimum Gasteiger partial charge on any atom is -0.507 e. The molecule has 0 heterocycles. The van der Waals surface area contributed by atoms with Crippen molar-refractivity contribution < 1.29 is 14.7 Å². The topological polar surface area (TPSA) is 66.4 Å². The van der Waals surface area contributed by atoms with Crippen LogP contribution in [0, 0.1) is 0 Å². The number of nitrogens with one attached hydrogen (secondary N) is 1. The van der Waals surface area contributed by atoms with Gasteiger partial charge in [0.2, 0.25) is 0 Å². The number of Topliss-reactive ketones (excluding diaryl/α,β-unsaturated/α-hetero) is 1. The number of ketones is 1. The van der Waals surface area contributed by atoms with E-state index < -0.39 is 11.9 Å². The first kappa shape index (κ1) is 12.7. The molecule has 0 aromatic heterocycles. The maximum atomic E-state index is 11.7. The molecular weight excluding hydrogens is 274 g/mol. The first-order valence-electron chi connectivity index (χ1n) is 4.71. The lowest BCUT2D eigenvalue weighted by Gasteiger charge is -2.11. The first-order valence-corrected chi connectivity index (χ1v) is 5.51. The molecule has 1 rings (SSSR count). The average Bonchev–Trinajstić information content (AvgIpc) is 2.16. The smallest absolute Gasteiger partial charge is 0.255 e. The minimum atomic E-state index is -0.560. The molecule has 0 aliphatic heterocycles. The van der Waals surface area contributed by atoms with Gasteiger partial charge in [0, 0.05) is 4.47 Å². The normalized spacial score (nSPS) is 11.9. The molecule has 0 spiro atoms. The lowest BCUT2D eigenvalue weighted by Crippen LogP contribution is -2.37. The van der Waals surface area contributed by atoms with Crippen LogP contribution in [0.15, 0.2) is 22.7 Å². The standard InChI is InChI=1S/C11H12BrNO3/c1-6(7(2)14)13-11(16)9-4-3-8(12)5-10(9)15/h3-6,15H,1-2H3,(H,13,16). The molecule has 4 nitrogen and oxygen atoms in total. The van der Waals surface area contributed by atoms with Crippen LogP contribution in [-0.4, -0.2) is 22.8 Å². The SMILES string of the molecule is CC(=O)C(C)NC(=O)c1ccc(Br)cc1O. The van der Waals surface area contributed by atoms with E-state index in [0.29, 0.717) is 4.47 Å². The Hall–Kier alpha value is -1.36. The third kappa shape index (κ3) is 3.06. The molecule has 2 N–H and O–H groups in total. The fourth-order valence-electron chi connectivity index (χ4n) is 1.07. The van der Waals surface area contributed by atoms with Gasteiger partial charge in [-0.2, -0.15) is 0 Å². The molecule has 1 amide bonds. The summed E-state index contributed by atoms with van der Waals surface area (Å²) in [6.45, 7) is 2.99. The molecule has 0 aliphatic carbocycles. The highest BCUT2D eigenvalue weighted by atomic mass is 79.9. The van der Waals surface area contributed by atoms with Crippen LogP contribution in [0.5, 0.6) is 5.75 Å². The van der Waals surface area contributed by atoms with Crippen molar-refractivity contribution in [3.8, 4) is 5.75 Å². The predicted molar refractivity (Wildman–Crippen MR) is 63.4 cm³/mol. The van der Waals surface area contributed by atoms with E-state index in [9.17, 15) is 14.7 Å². The van der Waals surface area contributed by atoms with Crippen LogP contribution in [0.4, 0.5) is 0 Å².